The first kappa shape index (κ1) is 17.1. The summed E-state index contributed by atoms with van der Waals surface area (Å²) in [6, 6.07) is 10.3. The highest BCUT2D eigenvalue weighted by molar-refractivity contribution is 7.15. The quantitative estimate of drug-likeness (QED) is 0.903. The molecular weight excluding hydrogens is 322 g/mol. The lowest BCUT2D eigenvalue weighted by molar-refractivity contribution is 0.0686. The average molecular weight is 345 g/mol. The number of carboxylic acids is 1. The van der Waals surface area contributed by atoms with Crippen molar-refractivity contribution in [2.24, 2.45) is 0 Å². The van der Waals surface area contributed by atoms with Crippen molar-refractivity contribution < 1.29 is 9.90 Å². The summed E-state index contributed by atoms with van der Waals surface area (Å²) in [5.41, 5.74) is 1.17. The lowest BCUT2D eigenvalue weighted by Crippen LogP contribution is -2.48. The first-order valence-electron chi connectivity index (χ1n) is 8.29. The molecule has 1 aromatic carbocycles. The Morgan fingerprint density at radius 1 is 1.21 bits per heavy atom. The van der Waals surface area contributed by atoms with Gasteiger partial charge in [-0.3, -0.25) is 9.80 Å². The third-order valence-electron chi connectivity index (χ3n) is 4.43. The first-order valence-corrected chi connectivity index (χ1v) is 9.11. The Balaban J connectivity index is 1.76. The van der Waals surface area contributed by atoms with Crippen molar-refractivity contribution in [3.63, 3.8) is 0 Å². The minimum atomic E-state index is -0.941. The van der Waals surface area contributed by atoms with E-state index in [-0.39, 0.29) is 5.69 Å². The van der Waals surface area contributed by atoms with Gasteiger partial charge in [-0.1, -0.05) is 30.3 Å². The molecule has 2 heterocycles. The Morgan fingerprint density at radius 3 is 2.46 bits per heavy atom. The SMILES string of the molecule is CC(C)N1CCN(Cc2sc(-c3ccccc3)nc2C(=O)O)CC1. The highest BCUT2D eigenvalue weighted by Gasteiger charge is 2.23. The van der Waals surface area contributed by atoms with E-state index in [4.69, 9.17) is 0 Å². The van der Waals surface area contributed by atoms with Crippen LogP contribution in [0.5, 0.6) is 0 Å². The number of aromatic nitrogens is 1. The minimum Gasteiger partial charge on any atom is -0.476 e. The molecular formula is C18H23N3O2S. The summed E-state index contributed by atoms with van der Waals surface area (Å²) in [6.07, 6.45) is 0. The predicted octanol–water partition coefficient (Wildman–Crippen LogP) is 3.03. The van der Waals surface area contributed by atoms with Gasteiger partial charge in [-0.25, -0.2) is 9.78 Å². The van der Waals surface area contributed by atoms with Crippen LogP contribution in [0.25, 0.3) is 10.6 Å². The van der Waals surface area contributed by atoms with E-state index in [1.54, 1.807) is 0 Å². The van der Waals surface area contributed by atoms with Crippen LogP contribution in [-0.2, 0) is 6.54 Å². The highest BCUT2D eigenvalue weighted by atomic mass is 32.1. The lowest BCUT2D eigenvalue weighted by atomic mass is 10.2. The zero-order valence-corrected chi connectivity index (χ0v) is 14.9. The van der Waals surface area contributed by atoms with E-state index < -0.39 is 5.97 Å². The van der Waals surface area contributed by atoms with E-state index in [0.29, 0.717) is 12.6 Å². The van der Waals surface area contributed by atoms with Gasteiger partial charge in [0.1, 0.15) is 5.01 Å². The largest absolute Gasteiger partial charge is 0.476 e. The molecule has 128 valence electrons. The van der Waals surface area contributed by atoms with Crippen LogP contribution in [0.3, 0.4) is 0 Å². The van der Waals surface area contributed by atoms with Gasteiger partial charge < -0.3 is 5.11 Å². The van der Waals surface area contributed by atoms with Gasteiger partial charge in [0, 0.05) is 44.3 Å². The summed E-state index contributed by atoms with van der Waals surface area (Å²) in [7, 11) is 0. The van der Waals surface area contributed by atoms with Gasteiger partial charge in [0.15, 0.2) is 5.69 Å². The summed E-state index contributed by atoms with van der Waals surface area (Å²) in [5.74, 6) is -0.941. The smallest absolute Gasteiger partial charge is 0.355 e. The third-order valence-corrected chi connectivity index (χ3v) is 5.51. The second-order valence-electron chi connectivity index (χ2n) is 6.37. The lowest BCUT2D eigenvalue weighted by Gasteiger charge is -2.36. The third kappa shape index (κ3) is 3.83. The van der Waals surface area contributed by atoms with Crippen molar-refractivity contribution in [1.29, 1.82) is 0 Å². The van der Waals surface area contributed by atoms with E-state index >= 15 is 0 Å². The molecule has 24 heavy (non-hydrogen) atoms. The Kier molecular flexibility index (Phi) is 5.28. The zero-order chi connectivity index (χ0) is 17.1. The topological polar surface area (TPSA) is 56.7 Å². The summed E-state index contributed by atoms with van der Waals surface area (Å²) >= 11 is 1.49. The van der Waals surface area contributed by atoms with Gasteiger partial charge >= 0.3 is 5.97 Å². The minimum absolute atomic E-state index is 0.199. The molecule has 0 unspecified atom stereocenters. The van der Waals surface area contributed by atoms with Crippen molar-refractivity contribution in [2.45, 2.75) is 26.4 Å². The maximum absolute atomic E-state index is 11.6. The van der Waals surface area contributed by atoms with E-state index in [9.17, 15) is 9.90 Å². The molecule has 0 atom stereocenters. The van der Waals surface area contributed by atoms with Crippen LogP contribution in [0.1, 0.15) is 29.2 Å². The molecule has 5 nitrogen and oxygen atoms in total. The average Bonchev–Trinajstić information content (AvgIpc) is 3.00. The second kappa shape index (κ2) is 7.42. The number of nitrogens with zero attached hydrogens (tertiary/aromatic N) is 3. The summed E-state index contributed by atoms with van der Waals surface area (Å²) < 4.78 is 0. The van der Waals surface area contributed by atoms with Gasteiger partial charge in [0.2, 0.25) is 0 Å². The Morgan fingerprint density at radius 2 is 1.88 bits per heavy atom. The number of piperazine rings is 1. The van der Waals surface area contributed by atoms with Crippen molar-refractivity contribution in [3.8, 4) is 10.6 Å². The second-order valence-corrected chi connectivity index (χ2v) is 7.45. The summed E-state index contributed by atoms with van der Waals surface area (Å²) in [5, 5.41) is 10.3. The molecule has 0 saturated carbocycles. The van der Waals surface area contributed by atoms with Gasteiger partial charge in [-0.05, 0) is 13.8 Å². The molecule has 0 aliphatic carbocycles. The molecule has 1 N–H and O–H groups in total. The number of aromatic carboxylic acids is 1. The maximum atomic E-state index is 11.6. The van der Waals surface area contributed by atoms with Crippen LogP contribution < -0.4 is 0 Å². The normalized spacial score (nSPS) is 16.6. The highest BCUT2D eigenvalue weighted by Crippen LogP contribution is 2.29. The van der Waals surface area contributed by atoms with Crippen LogP contribution in [-0.4, -0.2) is 58.1 Å². The molecule has 6 heteroatoms. The van der Waals surface area contributed by atoms with Crippen LogP contribution in [0.15, 0.2) is 30.3 Å². The molecule has 0 radical (unpaired) electrons. The number of carboxylic acid groups (broad SMARTS) is 1. The summed E-state index contributed by atoms with van der Waals surface area (Å²) in [6.45, 7) is 9.10. The van der Waals surface area contributed by atoms with Crippen molar-refractivity contribution in [3.05, 3.63) is 40.9 Å². The predicted molar refractivity (Wildman–Crippen MR) is 96.5 cm³/mol. The van der Waals surface area contributed by atoms with Gasteiger partial charge in [-0.2, -0.15) is 0 Å². The van der Waals surface area contributed by atoms with Crippen molar-refractivity contribution in [1.82, 2.24) is 14.8 Å². The molecule has 1 aliphatic rings. The maximum Gasteiger partial charge on any atom is 0.355 e. The van der Waals surface area contributed by atoms with E-state index in [1.807, 2.05) is 30.3 Å². The van der Waals surface area contributed by atoms with Gasteiger partial charge in [0.25, 0.3) is 0 Å². The van der Waals surface area contributed by atoms with Crippen LogP contribution >= 0.6 is 11.3 Å². The molecule has 0 spiro atoms. The van der Waals surface area contributed by atoms with Crippen molar-refractivity contribution >= 4 is 17.3 Å². The van der Waals surface area contributed by atoms with Crippen LogP contribution in [0.4, 0.5) is 0 Å². The number of hydrogen-bond donors (Lipinski definition) is 1. The fourth-order valence-electron chi connectivity index (χ4n) is 2.97. The molecule has 1 saturated heterocycles. The molecule has 3 rings (SSSR count). The zero-order valence-electron chi connectivity index (χ0n) is 14.1. The Bertz CT molecular complexity index is 692. The van der Waals surface area contributed by atoms with Gasteiger partial charge in [0.05, 0.1) is 4.88 Å². The Labute approximate surface area is 146 Å². The number of rotatable bonds is 5. The molecule has 0 amide bonds. The Hall–Kier alpha value is -1.76. The standard InChI is InChI=1S/C18H23N3O2S/c1-13(2)21-10-8-20(9-11-21)12-15-16(18(22)23)19-17(24-15)14-6-4-3-5-7-14/h3-7,13H,8-12H2,1-2H3,(H,22,23). The van der Waals surface area contributed by atoms with E-state index in [2.05, 4.69) is 28.6 Å². The molecule has 0 bridgehead atoms. The van der Waals surface area contributed by atoms with Crippen LogP contribution in [0, 0.1) is 0 Å². The van der Waals surface area contributed by atoms with Crippen LogP contribution in [0.2, 0.25) is 0 Å². The monoisotopic (exact) mass is 345 g/mol. The first-order chi connectivity index (χ1) is 11.5. The molecule has 1 aromatic heterocycles. The number of thiazole rings is 1. The fraction of sp³-hybridized carbons (Fsp3) is 0.444. The van der Waals surface area contributed by atoms with E-state index in [0.717, 1.165) is 41.6 Å². The van der Waals surface area contributed by atoms with Gasteiger partial charge in [-0.15, -0.1) is 11.3 Å². The number of benzene rings is 1. The van der Waals surface area contributed by atoms with E-state index in [1.165, 1.54) is 11.3 Å². The molecule has 1 aliphatic heterocycles. The van der Waals surface area contributed by atoms with Crippen molar-refractivity contribution in [2.75, 3.05) is 26.2 Å². The number of carbonyl (C=O) groups is 1. The molecule has 1 fully saturated rings. The fourth-order valence-corrected chi connectivity index (χ4v) is 4.07. The number of hydrogen-bond acceptors (Lipinski definition) is 5. The summed E-state index contributed by atoms with van der Waals surface area (Å²) in [4.78, 5) is 21.6. The molecule has 2 aromatic rings.